The van der Waals surface area contributed by atoms with Crippen LogP contribution in [-0.4, -0.2) is 25.6 Å². The van der Waals surface area contributed by atoms with Crippen molar-refractivity contribution < 1.29 is 0 Å². The molecule has 0 atom stereocenters. The van der Waals surface area contributed by atoms with Gasteiger partial charge in [0.2, 0.25) is 0 Å². The Balaban J connectivity index is 1.25. The topological polar surface area (TPSA) is 67.3 Å². The lowest BCUT2D eigenvalue weighted by atomic mass is 10.1. The molecule has 5 nitrogen and oxygen atoms in total. The van der Waals surface area contributed by atoms with Crippen LogP contribution < -0.4 is 0 Å². The van der Waals surface area contributed by atoms with Gasteiger partial charge in [-0.2, -0.15) is 5.21 Å². The van der Waals surface area contributed by atoms with Crippen molar-refractivity contribution in [1.82, 2.24) is 25.6 Å². The maximum absolute atomic E-state index is 4.77. The van der Waals surface area contributed by atoms with Crippen LogP contribution in [0.4, 0.5) is 0 Å². The van der Waals surface area contributed by atoms with Gasteiger partial charge < -0.3 is 0 Å². The number of nitrogens with one attached hydrogen (secondary N) is 1. The highest BCUT2D eigenvalue weighted by Crippen LogP contribution is 2.25. The summed E-state index contributed by atoms with van der Waals surface area (Å²) in [4.78, 5) is 6.00. The highest BCUT2D eigenvalue weighted by molar-refractivity contribution is 7.98. The highest BCUT2D eigenvalue weighted by Gasteiger charge is 2.01. The first-order valence-electron chi connectivity index (χ1n) is 10.6. The number of aromatic nitrogens is 5. The molecule has 1 N–H and O–H groups in total. The summed E-state index contributed by atoms with van der Waals surface area (Å²) in [6.07, 6.45) is 8.07. The molecule has 0 saturated carbocycles. The first kappa shape index (κ1) is 20.8. The number of benzene rings is 3. The van der Waals surface area contributed by atoms with E-state index >= 15 is 0 Å². The Morgan fingerprint density at radius 3 is 2.30 bits per heavy atom. The zero-order valence-corrected chi connectivity index (χ0v) is 18.6. The Kier molecular flexibility index (Phi) is 6.36. The van der Waals surface area contributed by atoms with Crippen LogP contribution in [0, 0.1) is 0 Å². The van der Waals surface area contributed by atoms with E-state index in [0.29, 0.717) is 5.82 Å². The maximum Gasteiger partial charge on any atom is 0.197 e. The van der Waals surface area contributed by atoms with Crippen LogP contribution in [-0.2, 0) is 5.75 Å². The third-order valence-corrected chi connectivity index (χ3v) is 6.09. The lowest BCUT2D eigenvalue weighted by Gasteiger charge is -2.05. The number of tetrazole rings is 1. The second-order valence-corrected chi connectivity index (χ2v) is 8.51. The average molecular weight is 448 g/mol. The van der Waals surface area contributed by atoms with Crippen molar-refractivity contribution in [3.05, 3.63) is 113 Å². The van der Waals surface area contributed by atoms with Gasteiger partial charge in [-0.3, -0.25) is 4.98 Å². The quantitative estimate of drug-likeness (QED) is 0.232. The first-order chi connectivity index (χ1) is 16.3. The van der Waals surface area contributed by atoms with E-state index < -0.39 is 0 Å². The van der Waals surface area contributed by atoms with Gasteiger partial charge in [0.15, 0.2) is 5.82 Å². The second kappa shape index (κ2) is 10.1. The average Bonchev–Trinajstić information content (AvgIpc) is 3.39. The molecule has 5 rings (SSSR count). The maximum atomic E-state index is 4.77. The molecule has 0 saturated heterocycles. The fourth-order valence-corrected chi connectivity index (χ4v) is 4.29. The van der Waals surface area contributed by atoms with Gasteiger partial charge in [0.1, 0.15) is 0 Å². The van der Waals surface area contributed by atoms with Crippen molar-refractivity contribution >= 4 is 47.0 Å². The minimum absolute atomic E-state index is 0.559. The number of aromatic amines is 1. The predicted molar refractivity (Wildman–Crippen MR) is 136 cm³/mol. The lowest BCUT2D eigenvalue weighted by molar-refractivity contribution is 0.881. The number of hydrogen-bond acceptors (Lipinski definition) is 5. The van der Waals surface area contributed by atoms with E-state index in [4.69, 9.17) is 4.98 Å². The van der Waals surface area contributed by atoms with E-state index in [0.717, 1.165) is 28.1 Å². The molecular weight excluding hydrogens is 426 g/mol. The molecule has 2 heterocycles. The van der Waals surface area contributed by atoms with Gasteiger partial charge in [0, 0.05) is 16.0 Å². The van der Waals surface area contributed by atoms with Gasteiger partial charge in [-0.25, -0.2) is 0 Å². The Bertz CT molecular complexity index is 1420. The largest absolute Gasteiger partial charge is 0.252 e. The molecule has 0 unspecified atom stereocenters. The predicted octanol–water partition coefficient (Wildman–Crippen LogP) is 6.38. The summed E-state index contributed by atoms with van der Waals surface area (Å²) in [5.41, 5.74) is 5.50. The Hall–Kier alpha value is -4.03. The number of rotatable bonds is 7. The van der Waals surface area contributed by atoms with Crippen LogP contribution in [0.5, 0.6) is 0 Å². The molecule has 2 aromatic heterocycles. The molecule has 0 fully saturated rings. The van der Waals surface area contributed by atoms with E-state index in [1.807, 2.05) is 36.4 Å². The van der Waals surface area contributed by atoms with E-state index in [2.05, 4.69) is 93.4 Å². The standard InChI is InChI=1S/C27H21N5S/c1-2-10-26-23(8-1)14-15-24(28-26)19-33-25-9-4-7-22(18-25)12-11-20-5-3-6-21(17-20)13-16-27-29-31-32-30-27/h1-18H,19H2,(H,29,30,31,32)/b12-11+,16-13-. The van der Waals surface area contributed by atoms with Crippen molar-refractivity contribution in [2.24, 2.45) is 0 Å². The number of pyridine rings is 1. The third kappa shape index (κ3) is 5.61. The molecular formula is C27H21N5S. The molecule has 0 aliphatic carbocycles. The minimum Gasteiger partial charge on any atom is -0.252 e. The fourth-order valence-electron chi connectivity index (χ4n) is 3.42. The van der Waals surface area contributed by atoms with E-state index in [1.165, 1.54) is 15.8 Å². The third-order valence-electron chi connectivity index (χ3n) is 5.07. The molecule has 0 aliphatic rings. The molecule has 0 bridgehead atoms. The molecule has 6 heteroatoms. The second-order valence-electron chi connectivity index (χ2n) is 7.46. The zero-order valence-electron chi connectivity index (χ0n) is 17.8. The summed E-state index contributed by atoms with van der Waals surface area (Å²) in [5, 5.41) is 15.0. The first-order valence-corrected chi connectivity index (χ1v) is 11.6. The molecule has 0 spiro atoms. The molecule has 3 aromatic carbocycles. The van der Waals surface area contributed by atoms with Crippen molar-refractivity contribution in [1.29, 1.82) is 0 Å². The lowest BCUT2D eigenvalue weighted by Crippen LogP contribution is -1.88. The molecule has 0 aliphatic heterocycles. The van der Waals surface area contributed by atoms with Gasteiger partial charge in [0.05, 0.1) is 11.2 Å². The van der Waals surface area contributed by atoms with Gasteiger partial charge in [-0.05, 0) is 58.3 Å². The summed E-state index contributed by atoms with van der Waals surface area (Å²) in [6, 6.07) is 29.3. The number of nitrogens with zero attached hydrogens (tertiary/aromatic N) is 4. The highest BCUT2D eigenvalue weighted by atomic mass is 32.2. The van der Waals surface area contributed by atoms with Crippen molar-refractivity contribution in [2.45, 2.75) is 10.6 Å². The van der Waals surface area contributed by atoms with E-state index in [1.54, 1.807) is 11.8 Å². The summed E-state index contributed by atoms with van der Waals surface area (Å²) >= 11 is 1.80. The molecule has 33 heavy (non-hydrogen) atoms. The number of H-pyrrole nitrogens is 1. The molecule has 0 radical (unpaired) electrons. The van der Waals surface area contributed by atoms with Gasteiger partial charge in [-0.15, -0.1) is 22.0 Å². The summed E-state index contributed by atoms with van der Waals surface area (Å²) < 4.78 is 0. The van der Waals surface area contributed by atoms with Crippen LogP contribution in [0.15, 0.2) is 89.8 Å². The summed E-state index contributed by atoms with van der Waals surface area (Å²) in [5.74, 6) is 1.40. The smallest absolute Gasteiger partial charge is 0.197 e. The summed E-state index contributed by atoms with van der Waals surface area (Å²) in [7, 11) is 0. The molecule has 5 aromatic rings. The van der Waals surface area contributed by atoms with Crippen molar-refractivity contribution in [2.75, 3.05) is 0 Å². The number of thioether (sulfide) groups is 1. The number of para-hydroxylation sites is 1. The summed E-state index contributed by atoms with van der Waals surface area (Å²) in [6.45, 7) is 0. The van der Waals surface area contributed by atoms with Gasteiger partial charge in [-0.1, -0.05) is 72.8 Å². The monoisotopic (exact) mass is 447 g/mol. The Morgan fingerprint density at radius 1 is 0.727 bits per heavy atom. The van der Waals surface area contributed by atoms with Gasteiger partial charge >= 0.3 is 0 Å². The fraction of sp³-hybridized carbons (Fsp3) is 0.0370. The van der Waals surface area contributed by atoms with Crippen molar-refractivity contribution in [3.63, 3.8) is 0 Å². The van der Waals surface area contributed by atoms with Crippen molar-refractivity contribution in [3.8, 4) is 0 Å². The number of hydrogen-bond donors (Lipinski definition) is 1. The molecule has 0 amide bonds. The van der Waals surface area contributed by atoms with Crippen LogP contribution in [0.2, 0.25) is 0 Å². The van der Waals surface area contributed by atoms with Crippen LogP contribution >= 0.6 is 11.8 Å². The number of fused-ring (bicyclic) bond motifs is 1. The van der Waals surface area contributed by atoms with Crippen LogP contribution in [0.3, 0.4) is 0 Å². The van der Waals surface area contributed by atoms with Crippen LogP contribution in [0.25, 0.3) is 35.2 Å². The Morgan fingerprint density at radius 2 is 1.48 bits per heavy atom. The van der Waals surface area contributed by atoms with Crippen LogP contribution in [0.1, 0.15) is 28.2 Å². The molecule has 160 valence electrons. The normalized spacial score (nSPS) is 11.6. The Labute approximate surface area is 196 Å². The SMILES string of the molecule is C(=C/c1nn[nH]n1)/c1cccc(/C=C/c2cccc(SCc3ccc4ccccc4n3)c2)c1. The zero-order chi connectivity index (χ0) is 22.3. The van der Waals surface area contributed by atoms with E-state index in [-0.39, 0.29) is 0 Å². The van der Waals surface area contributed by atoms with E-state index in [9.17, 15) is 0 Å². The minimum atomic E-state index is 0.559. The van der Waals surface area contributed by atoms with Gasteiger partial charge in [0.25, 0.3) is 0 Å².